The molecule has 1 fully saturated rings. The smallest absolute Gasteiger partial charge is 0.239 e. The van der Waals surface area contributed by atoms with Crippen LogP contribution in [0.1, 0.15) is 12.2 Å². The molecule has 1 amide bonds. The molecule has 6 nitrogen and oxygen atoms in total. The van der Waals surface area contributed by atoms with Crippen LogP contribution >= 0.6 is 0 Å². The van der Waals surface area contributed by atoms with Crippen molar-refractivity contribution in [3.8, 4) is 5.75 Å². The Balaban J connectivity index is 1.40. The van der Waals surface area contributed by atoms with Crippen molar-refractivity contribution >= 4 is 11.6 Å². The van der Waals surface area contributed by atoms with Crippen LogP contribution in [0.4, 0.5) is 5.69 Å². The zero-order chi connectivity index (χ0) is 15.9. The predicted octanol–water partition coefficient (Wildman–Crippen LogP) is 2.18. The van der Waals surface area contributed by atoms with Crippen LogP contribution < -0.4 is 15.4 Å². The minimum Gasteiger partial charge on any atom is -0.488 e. The highest BCUT2D eigenvalue weighted by molar-refractivity contribution is 5.80. The molecule has 122 valence electrons. The SMILES string of the molecule is O=C(CNc1ccc(OC2CCOC2)cc1)NCc1ccco1. The minimum absolute atomic E-state index is 0.0927. The molecule has 3 rings (SSSR count). The van der Waals surface area contributed by atoms with Gasteiger partial charge < -0.3 is 24.5 Å². The quantitative estimate of drug-likeness (QED) is 0.819. The maximum atomic E-state index is 11.8. The third-order valence-corrected chi connectivity index (χ3v) is 3.54. The van der Waals surface area contributed by atoms with Crippen molar-refractivity contribution in [1.29, 1.82) is 0 Å². The van der Waals surface area contributed by atoms with Gasteiger partial charge in [0, 0.05) is 12.1 Å². The van der Waals surface area contributed by atoms with Gasteiger partial charge in [0.15, 0.2) is 0 Å². The zero-order valence-corrected chi connectivity index (χ0v) is 12.8. The molecule has 0 bridgehead atoms. The second kappa shape index (κ2) is 7.69. The van der Waals surface area contributed by atoms with E-state index in [1.807, 2.05) is 30.3 Å². The van der Waals surface area contributed by atoms with Crippen LogP contribution in [0.25, 0.3) is 0 Å². The molecule has 1 saturated heterocycles. The normalized spacial score (nSPS) is 17.0. The maximum absolute atomic E-state index is 11.8. The molecule has 23 heavy (non-hydrogen) atoms. The van der Waals surface area contributed by atoms with Gasteiger partial charge in [-0.25, -0.2) is 0 Å². The number of nitrogens with one attached hydrogen (secondary N) is 2. The van der Waals surface area contributed by atoms with E-state index in [0.29, 0.717) is 13.2 Å². The summed E-state index contributed by atoms with van der Waals surface area (Å²) in [5.41, 5.74) is 0.869. The van der Waals surface area contributed by atoms with E-state index in [0.717, 1.165) is 30.2 Å². The Hall–Kier alpha value is -2.47. The molecule has 0 spiro atoms. The lowest BCUT2D eigenvalue weighted by atomic mass is 10.2. The predicted molar refractivity (Wildman–Crippen MR) is 85.3 cm³/mol. The highest BCUT2D eigenvalue weighted by Crippen LogP contribution is 2.19. The zero-order valence-electron chi connectivity index (χ0n) is 12.8. The molecule has 6 heteroatoms. The Morgan fingerprint density at radius 2 is 2.13 bits per heavy atom. The standard InChI is InChI=1S/C17H20N2O4/c20-17(19-10-15-2-1-8-22-15)11-18-13-3-5-14(6-4-13)23-16-7-9-21-12-16/h1-6,8,16,18H,7,9-12H2,(H,19,20). The first-order valence-electron chi connectivity index (χ1n) is 7.67. The summed E-state index contributed by atoms with van der Waals surface area (Å²) in [6.07, 6.45) is 2.65. The molecule has 1 aliphatic heterocycles. The first-order chi connectivity index (χ1) is 11.3. The van der Waals surface area contributed by atoms with Crippen molar-refractivity contribution in [2.75, 3.05) is 25.1 Å². The fourth-order valence-electron chi connectivity index (χ4n) is 2.29. The van der Waals surface area contributed by atoms with Crippen LogP contribution in [-0.2, 0) is 16.1 Å². The fourth-order valence-corrected chi connectivity index (χ4v) is 2.29. The first-order valence-corrected chi connectivity index (χ1v) is 7.67. The summed E-state index contributed by atoms with van der Waals surface area (Å²) < 4.78 is 16.2. The number of ether oxygens (including phenoxy) is 2. The molecule has 2 N–H and O–H groups in total. The number of benzene rings is 1. The van der Waals surface area contributed by atoms with Crippen LogP contribution in [-0.4, -0.2) is 31.8 Å². The van der Waals surface area contributed by atoms with E-state index in [2.05, 4.69) is 10.6 Å². The summed E-state index contributed by atoms with van der Waals surface area (Å²) in [4.78, 5) is 11.8. The third-order valence-electron chi connectivity index (χ3n) is 3.54. The van der Waals surface area contributed by atoms with Crippen molar-refractivity contribution in [3.05, 3.63) is 48.4 Å². The lowest BCUT2D eigenvalue weighted by molar-refractivity contribution is -0.119. The van der Waals surface area contributed by atoms with E-state index >= 15 is 0 Å². The molecule has 0 aliphatic carbocycles. The Morgan fingerprint density at radius 1 is 1.26 bits per heavy atom. The van der Waals surface area contributed by atoms with Crippen LogP contribution in [0, 0.1) is 0 Å². The van der Waals surface area contributed by atoms with Crippen LogP contribution in [0.2, 0.25) is 0 Å². The van der Waals surface area contributed by atoms with Crippen molar-refractivity contribution in [3.63, 3.8) is 0 Å². The molecular weight excluding hydrogens is 296 g/mol. The second-order valence-corrected chi connectivity index (χ2v) is 5.34. The average Bonchev–Trinajstić information content (AvgIpc) is 3.26. The summed E-state index contributed by atoms with van der Waals surface area (Å²) in [6, 6.07) is 11.2. The van der Waals surface area contributed by atoms with Gasteiger partial charge in [-0.05, 0) is 36.4 Å². The molecule has 1 aromatic carbocycles. The maximum Gasteiger partial charge on any atom is 0.239 e. The van der Waals surface area contributed by atoms with Gasteiger partial charge in [-0.15, -0.1) is 0 Å². The molecule has 0 radical (unpaired) electrons. The molecule has 1 atom stereocenters. The first kappa shape index (κ1) is 15.4. The fraction of sp³-hybridized carbons (Fsp3) is 0.353. The topological polar surface area (TPSA) is 72.7 Å². The highest BCUT2D eigenvalue weighted by Gasteiger charge is 2.16. The number of carbonyl (C=O) groups excluding carboxylic acids is 1. The number of furan rings is 1. The van der Waals surface area contributed by atoms with Crippen LogP contribution in [0.15, 0.2) is 47.1 Å². The third kappa shape index (κ3) is 4.75. The largest absolute Gasteiger partial charge is 0.488 e. The molecule has 0 saturated carbocycles. The van der Waals surface area contributed by atoms with E-state index in [1.54, 1.807) is 12.3 Å². The van der Waals surface area contributed by atoms with Gasteiger partial charge in [-0.3, -0.25) is 4.79 Å². The Labute approximate surface area is 134 Å². The van der Waals surface area contributed by atoms with Crippen LogP contribution in [0.3, 0.4) is 0 Å². The van der Waals surface area contributed by atoms with E-state index in [1.165, 1.54) is 0 Å². The molecular formula is C17H20N2O4. The second-order valence-electron chi connectivity index (χ2n) is 5.34. The lowest BCUT2D eigenvalue weighted by Gasteiger charge is -2.12. The number of anilines is 1. The Bertz CT molecular complexity index is 604. The van der Waals surface area contributed by atoms with Crippen molar-refractivity contribution in [1.82, 2.24) is 5.32 Å². The van der Waals surface area contributed by atoms with E-state index in [-0.39, 0.29) is 18.6 Å². The molecule has 1 unspecified atom stereocenters. The summed E-state index contributed by atoms with van der Waals surface area (Å²) in [6.45, 7) is 2.01. The average molecular weight is 316 g/mol. The number of hydrogen-bond donors (Lipinski definition) is 2. The van der Waals surface area contributed by atoms with E-state index < -0.39 is 0 Å². The Morgan fingerprint density at radius 3 is 2.83 bits per heavy atom. The minimum atomic E-state index is -0.0927. The van der Waals surface area contributed by atoms with Crippen LogP contribution in [0.5, 0.6) is 5.75 Å². The lowest BCUT2D eigenvalue weighted by Crippen LogP contribution is -2.29. The van der Waals surface area contributed by atoms with E-state index in [9.17, 15) is 4.79 Å². The summed E-state index contributed by atoms with van der Waals surface area (Å²) >= 11 is 0. The number of carbonyl (C=O) groups is 1. The number of rotatable bonds is 7. The molecule has 2 heterocycles. The number of amides is 1. The van der Waals surface area contributed by atoms with Gasteiger partial charge in [0.05, 0.1) is 32.6 Å². The van der Waals surface area contributed by atoms with Gasteiger partial charge in [0.2, 0.25) is 5.91 Å². The monoisotopic (exact) mass is 316 g/mol. The van der Waals surface area contributed by atoms with Crippen molar-refractivity contribution in [2.45, 2.75) is 19.1 Å². The van der Waals surface area contributed by atoms with Crippen molar-refractivity contribution < 1.29 is 18.7 Å². The van der Waals surface area contributed by atoms with E-state index in [4.69, 9.17) is 13.9 Å². The molecule has 1 aromatic heterocycles. The van der Waals surface area contributed by atoms with Gasteiger partial charge in [-0.2, -0.15) is 0 Å². The number of hydrogen-bond acceptors (Lipinski definition) is 5. The summed E-state index contributed by atoms with van der Waals surface area (Å²) in [7, 11) is 0. The van der Waals surface area contributed by atoms with Gasteiger partial charge in [0.1, 0.15) is 17.6 Å². The molecule has 2 aromatic rings. The summed E-state index contributed by atoms with van der Waals surface area (Å²) in [5.74, 6) is 1.45. The summed E-state index contributed by atoms with van der Waals surface area (Å²) in [5, 5.41) is 5.85. The van der Waals surface area contributed by atoms with Crippen molar-refractivity contribution in [2.24, 2.45) is 0 Å². The van der Waals surface area contributed by atoms with Gasteiger partial charge in [0.25, 0.3) is 0 Å². The highest BCUT2D eigenvalue weighted by atomic mass is 16.5. The van der Waals surface area contributed by atoms with Gasteiger partial charge in [-0.1, -0.05) is 0 Å². The molecule has 1 aliphatic rings. The van der Waals surface area contributed by atoms with Gasteiger partial charge >= 0.3 is 0 Å². The Kier molecular flexibility index (Phi) is 5.16.